The largest absolute Gasteiger partial charge is 0.325 e. The van der Waals surface area contributed by atoms with E-state index in [1.165, 1.54) is 38.5 Å². The Bertz CT molecular complexity index is 192. The second kappa shape index (κ2) is 2.09. The van der Waals surface area contributed by atoms with Crippen LogP contribution in [0.2, 0.25) is 0 Å². The third-order valence-corrected chi connectivity index (χ3v) is 4.96. The highest BCUT2D eigenvalue weighted by atomic mass is 79.9. The summed E-state index contributed by atoms with van der Waals surface area (Å²) in [7, 11) is 0. The van der Waals surface area contributed by atoms with Gasteiger partial charge in [-0.3, -0.25) is 0 Å². The van der Waals surface area contributed by atoms with Crippen molar-refractivity contribution in [3.63, 3.8) is 0 Å². The van der Waals surface area contributed by atoms with Gasteiger partial charge in [0.1, 0.15) is 0 Å². The van der Waals surface area contributed by atoms with E-state index < -0.39 is 0 Å². The number of hydrogen-bond acceptors (Lipinski definition) is 1. The SMILES string of the molecule is NC12C[C@@H]3C[C@@H](C1)CC(Br)(C3)C2. The van der Waals surface area contributed by atoms with Crippen molar-refractivity contribution in [1.29, 1.82) is 0 Å². The quantitative estimate of drug-likeness (QED) is 0.635. The van der Waals surface area contributed by atoms with Gasteiger partial charge in [-0.05, 0) is 50.4 Å². The summed E-state index contributed by atoms with van der Waals surface area (Å²) in [5.74, 6) is 1.88. The van der Waals surface area contributed by atoms with Gasteiger partial charge in [0.05, 0.1) is 0 Å². The highest BCUT2D eigenvalue weighted by molar-refractivity contribution is 9.10. The lowest BCUT2D eigenvalue weighted by molar-refractivity contribution is 0.0205. The van der Waals surface area contributed by atoms with Crippen molar-refractivity contribution in [2.45, 2.75) is 48.4 Å². The zero-order chi connectivity index (χ0) is 8.40. The van der Waals surface area contributed by atoms with Crippen LogP contribution in [-0.4, -0.2) is 9.86 Å². The first-order valence-corrected chi connectivity index (χ1v) is 5.84. The van der Waals surface area contributed by atoms with E-state index in [2.05, 4.69) is 15.9 Å². The zero-order valence-electron chi connectivity index (χ0n) is 7.35. The van der Waals surface area contributed by atoms with Crippen LogP contribution in [0.15, 0.2) is 0 Å². The van der Waals surface area contributed by atoms with Crippen LogP contribution in [0.4, 0.5) is 0 Å². The predicted molar refractivity (Wildman–Crippen MR) is 53.3 cm³/mol. The van der Waals surface area contributed by atoms with Crippen LogP contribution in [0, 0.1) is 11.8 Å². The fraction of sp³-hybridized carbons (Fsp3) is 1.00. The first-order valence-electron chi connectivity index (χ1n) is 5.05. The Labute approximate surface area is 82.2 Å². The number of halogens is 1. The minimum atomic E-state index is 0.216. The van der Waals surface area contributed by atoms with E-state index in [0.717, 1.165) is 11.8 Å². The Morgan fingerprint density at radius 3 is 2.08 bits per heavy atom. The first kappa shape index (κ1) is 7.81. The minimum absolute atomic E-state index is 0.216. The molecule has 0 aromatic heterocycles. The molecule has 0 amide bonds. The van der Waals surface area contributed by atoms with Crippen LogP contribution < -0.4 is 5.73 Å². The Hall–Kier alpha value is 0.440. The average Bonchev–Trinajstić information content (AvgIpc) is 1.75. The lowest BCUT2D eigenvalue weighted by Crippen LogP contribution is -2.60. The molecule has 4 fully saturated rings. The first-order chi connectivity index (χ1) is 5.57. The number of rotatable bonds is 0. The summed E-state index contributed by atoms with van der Waals surface area (Å²) in [6, 6.07) is 0. The van der Waals surface area contributed by atoms with Gasteiger partial charge in [0.2, 0.25) is 0 Å². The monoisotopic (exact) mass is 229 g/mol. The summed E-state index contributed by atoms with van der Waals surface area (Å²) in [4.78, 5) is 0. The molecular formula is C10H16BrN. The molecule has 0 aromatic rings. The van der Waals surface area contributed by atoms with E-state index in [1.54, 1.807) is 0 Å². The van der Waals surface area contributed by atoms with Crippen molar-refractivity contribution >= 4 is 15.9 Å². The van der Waals surface area contributed by atoms with E-state index in [9.17, 15) is 0 Å². The Morgan fingerprint density at radius 2 is 1.67 bits per heavy atom. The lowest BCUT2D eigenvalue weighted by atomic mass is 9.53. The van der Waals surface area contributed by atoms with Gasteiger partial charge in [-0.15, -0.1) is 0 Å². The van der Waals surface area contributed by atoms with Crippen molar-refractivity contribution in [2.24, 2.45) is 17.6 Å². The van der Waals surface area contributed by atoms with Crippen LogP contribution in [0.25, 0.3) is 0 Å². The summed E-state index contributed by atoms with van der Waals surface area (Å²) < 4.78 is 0.450. The van der Waals surface area contributed by atoms with Gasteiger partial charge in [0.25, 0.3) is 0 Å². The molecule has 2 atom stereocenters. The van der Waals surface area contributed by atoms with E-state index in [4.69, 9.17) is 5.73 Å². The van der Waals surface area contributed by atoms with Gasteiger partial charge in [-0.1, -0.05) is 15.9 Å². The van der Waals surface area contributed by atoms with Crippen LogP contribution in [0.5, 0.6) is 0 Å². The normalized spacial score (nSPS) is 62.5. The van der Waals surface area contributed by atoms with Crippen LogP contribution in [0.1, 0.15) is 38.5 Å². The average molecular weight is 230 g/mol. The lowest BCUT2D eigenvalue weighted by Gasteiger charge is -2.59. The summed E-state index contributed by atoms with van der Waals surface area (Å²) in [5, 5.41) is 0. The molecule has 4 rings (SSSR count). The number of alkyl halides is 1. The topological polar surface area (TPSA) is 26.0 Å². The van der Waals surface area contributed by atoms with Gasteiger partial charge < -0.3 is 5.73 Å². The zero-order valence-corrected chi connectivity index (χ0v) is 8.94. The third kappa shape index (κ3) is 1.00. The predicted octanol–water partition coefficient (Wildman–Crippen LogP) is 2.43. The second-order valence-corrected chi connectivity index (χ2v) is 7.16. The standard InChI is InChI=1S/C10H16BrN/c11-9-2-7-1-8(3-9)5-10(12,4-7)6-9/h7-8H,1-6,12H2/t7-,8-,9?,10?/m1/s1. The van der Waals surface area contributed by atoms with Gasteiger partial charge in [-0.25, -0.2) is 0 Å². The van der Waals surface area contributed by atoms with E-state index in [-0.39, 0.29) is 5.54 Å². The third-order valence-electron chi connectivity index (χ3n) is 4.03. The number of hydrogen-bond donors (Lipinski definition) is 1. The second-order valence-electron chi connectivity index (χ2n) is 5.47. The Balaban J connectivity index is 1.98. The Morgan fingerprint density at radius 1 is 1.08 bits per heavy atom. The summed E-state index contributed by atoms with van der Waals surface area (Å²) in [5.41, 5.74) is 6.59. The van der Waals surface area contributed by atoms with Crippen molar-refractivity contribution in [3.8, 4) is 0 Å². The fourth-order valence-corrected chi connectivity index (χ4v) is 5.69. The summed E-state index contributed by atoms with van der Waals surface area (Å²) in [6.07, 6.45) is 8.08. The molecular weight excluding hydrogens is 214 g/mol. The molecule has 0 heterocycles. The molecule has 0 spiro atoms. The van der Waals surface area contributed by atoms with E-state index in [1.807, 2.05) is 0 Å². The molecule has 0 aromatic carbocycles. The maximum Gasteiger partial charge on any atom is 0.0280 e. The molecule has 12 heavy (non-hydrogen) atoms. The van der Waals surface area contributed by atoms with E-state index in [0.29, 0.717) is 4.32 Å². The molecule has 0 aliphatic heterocycles. The summed E-state index contributed by atoms with van der Waals surface area (Å²) >= 11 is 3.91. The highest BCUT2D eigenvalue weighted by Gasteiger charge is 2.55. The molecule has 0 saturated heterocycles. The molecule has 2 heteroatoms. The Kier molecular flexibility index (Phi) is 1.36. The molecule has 0 unspecified atom stereocenters. The highest BCUT2D eigenvalue weighted by Crippen LogP contribution is 2.59. The molecule has 4 bridgehead atoms. The van der Waals surface area contributed by atoms with Crippen molar-refractivity contribution in [1.82, 2.24) is 0 Å². The fourth-order valence-electron chi connectivity index (χ4n) is 4.22. The van der Waals surface area contributed by atoms with Gasteiger partial charge >= 0.3 is 0 Å². The maximum atomic E-state index is 6.38. The summed E-state index contributed by atoms with van der Waals surface area (Å²) in [6.45, 7) is 0. The molecule has 4 aliphatic rings. The molecule has 0 radical (unpaired) electrons. The molecule has 1 nitrogen and oxygen atoms in total. The molecule has 4 saturated carbocycles. The van der Waals surface area contributed by atoms with Crippen molar-refractivity contribution in [3.05, 3.63) is 0 Å². The maximum absolute atomic E-state index is 6.38. The van der Waals surface area contributed by atoms with Crippen molar-refractivity contribution < 1.29 is 0 Å². The molecule has 4 aliphatic carbocycles. The number of nitrogens with two attached hydrogens (primary N) is 1. The van der Waals surface area contributed by atoms with Gasteiger partial charge in [-0.2, -0.15) is 0 Å². The smallest absolute Gasteiger partial charge is 0.0280 e. The van der Waals surface area contributed by atoms with E-state index >= 15 is 0 Å². The van der Waals surface area contributed by atoms with Gasteiger partial charge in [0.15, 0.2) is 0 Å². The van der Waals surface area contributed by atoms with Crippen LogP contribution >= 0.6 is 15.9 Å². The minimum Gasteiger partial charge on any atom is -0.325 e. The van der Waals surface area contributed by atoms with Gasteiger partial charge in [0, 0.05) is 9.86 Å². The van der Waals surface area contributed by atoms with Crippen LogP contribution in [-0.2, 0) is 0 Å². The van der Waals surface area contributed by atoms with Crippen molar-refractivity contribution in [2.75, 3.05) is 0 Å². The van der Waals surface area contributed by atoms with Crippen LogP contribution in [0.3, 0.4) is 0 Å². The molecule has 2 N–H and O–H groups in total. The molecule has 68 valence electrons.